The molecule has 0 aliphatic rings. The summed E-state index contributed by atoms with van der Waals surface area (Å²) < 4.78 is 27.6. The summed E-state index contributed by atoms with van der Waals surface area (Å²) in [6.45, 7) is 3.25. The van der Waals surface area contributed by atoms with E-state index in [2.05, 4.69) is 4.72 Å². The molecule has 23 heavy (non-hydrogen) atoms. The summed E-state index contributed by atoms with van der Waals surface area (Å²) in [5, 5.41) is 9.39. The first-order valence-electron chi connectivity index (χ1n) is 6.45. The molecule has 0 saturated heterocycles. The molecule has 2 aromatic carbocycles. The van der Waals surface area contributed by atoms with Gasteiger partial charge in [-0.05, 0) is 49.2 Å². The first-order chi connectivity index (χ1) is 10.6. The maximum atomic E-state index is 12.6. The molecular formula is C15H13Cl2NO4S. The summed E-state index contributed by atoms with van der Waals surface area (Å²) in [7, 11) is -4.02. The van der Waals surface area contributed by atoms with Gasteiger partial charge in [-0.15, -0.1) is 0 Å². The van der Waals surface area contributed by atoms with E-state index in [0.29, 0.717) is 11.1 Å². The third-order valence-corrected chi connectivity index (χ3v) is 5.66. The van der Waals surface area contributed by atoms with Crippen molar-refractivity contribution in [3.63, 3.8) is 0 Å². The van der Waals surface area contributed by atoms with Crippen molar-refractivity contribution >= 4 is 44.9 Å². The molecule has 0 aliphatic carbocycles. The van der Waals surface area contributed by atoms with Crippen LogP contribution in [-0.2, 0) is 10.0 Å². The highest BCUT2D eigenvalue weighted by Gasteiger charge is 2.22. The molecule has 0 bridgehead atoms. The fraction of sp³-hybridized carbons (Fsp3) is 0.133. The number of carboxylic acids is 1. The highest BCUT2D eigenvalue weighted by molar-refractivity contribution is 7.92. The van der Waals surface area contributed by atoms with Crippen LogP contribution < -0.4 is 4.72 Å². The summed E-state index contributed by atoms with van der Waals surface area (Å²) in [5.41, 5.74) is 1.03. The predicted molar refractivity (Wildman–Crippen MR) is 90.1 cm³/mol. The van der Waals surface area contributed by atoms with Crippen LogP contribution in [0.3, 0.4) is 0 Å². The summed E-state index contributed by atoms with van der Waals surface area (Å²) in [6, 6.07) is 7.09. The van der Waals surface area contributed by atoms with E-state index >= 15 is 0 Å². The summed E-state index contributed by atoms with van der Waals surface area (Å²) in [5.74, 6) is -1.20. The number of rotatable bonds is 4. The molecule has 0 radical (unpaired) electrons. The summed E-state index contributed by atoms with van der Waals surface area (Å²) in [4.78, 5) is 11.0. The Morgan fingerprint density at radius 2 is 1.83 bits per heavy atom. The standard InChI is InChI=1S/C15H13Cl2NO4S/c1-8-6-10(15(19)20)7-13(9(8)2)23(21,22)18-12-5-3-4-11(16)14(12)17/h3-7,18H,1-2H3,(H,19,20). The van der Waals surface area contributed by atoms with E-state index in [1.807, 2.05) is 0 Å². The second-order valence-electron chi connectivity index (χ2n) is 4.93. The van der Waals surface area contributed by atoms with Gasteiger partial charge in [0.1, 0.15) is 0 Å². The van der Waals surface area contributed by atoms with Gasteiger partial charge in [0.05, 0.1) is 26.2 Å². The SMILES string of the molecule is Cc1cc(C(=O)O)cc(S(=O)(=O)Nc2cccc(Cl)c2Cl)c1C. The van der Waals surface area contributed by atoms with Crippen LogP contribution in [0.2, 0.25) is 10.0 Å². The maximum Gasteiger partial charge on any atom is 0.335 e. The van der Waals surface area contributed by atoms with Crippen molar-refractivity contribution in [1.29, 1.82) is 0 Å². The Hall–Kier alpha value is -1.76. The average Bonchev–Trinajstić information content (AvgIpc) is 2.46. The van der Waals surface area contributed by atoms with Gasteiger partial charge in [-0.3, -0.25) is 4.72 Å². The highest BCUT2D eigenvalue weighted by atomic mass is 35.5. The molecule has 2 N–H and O–H groups in total. The maximum absolute atomic E-state index is 12.6. The molecule has 0 aromatic heterocycles. The van der Waals surface area contributed by atoms with Crippen molar-refractivity contribution in [3.05, 3.63) is 57.1 Å². The number of anilines is 1. The number of halogens is 2. The molecule has 5 nitrogen and oxygen atoms in total. The zero-order valence-electron chi connectivity index (χ0n) is 12.2. The fourth-order valence-electron chi connectivity index (χ4n) is 2.01. The topological polar surface area (TPSA) is 83.5 Å². The van der Waals surface area contributed by atoms with Gasteiger partial charge in [-0.25, -0.2) is 13.2 Å². The lowest BCUT2D eigenvalue weighted by Crippen LogP contribution is -2.16. The molecule has 0 fully saturated rings. The van der Waals surface area contributed by atoms with E-state index in [1.165, 1.54) is 18.2 Å². The Labute approximate surface area is 143 Å². The van der Waals surface area contributed by atoms with Crippen LogP contribution in [0, 0.1) is 13.8 Å². The smallest absolute Gasteiger partial charge is 0.335 e. The lowest BCUT2D eigenvalue weighted by molar-refractivity contribution is 0.0696. The first kappa shape index (κ1) is 17.6. The molecule has 0 aliphatic heterocycles. The minimum atomic E-state index is -4.02. The zero-order chi connectivity index (χ0) is 17.4. The van der Waals surface area contributed by atoms with E-state index in [0.717, 1.165) is 6.07 Å². The van der Waals surface area contributed by atoms with Gasteiger partial charge in [0.2, 0.25) is 0 Å². The van der Waals surface area contributed by atoms with E-state index in [1.54, 1.807) is 19.9 Å². The molecule has 0 saturated carbocycles. The van der Waals surface area contributed by atoms with Crippen LogP contribution in [0.5, 0.6) is 0 Å². The van der Waals surface area contributed by atoms with Gasteiger partial charge in [-0.2, -0.15) is 0 Å². The van der Waals surface area contributed by atoms with Crippen LogP contribution in [0.1, 0.15) is 21.5 Å². The van der Waals surface area contributed by atoms with Gasteiger partial charge in [0, 0.05) is 0 Å². The minimum Gasteiger partial charge on any atom is -0.478 e. The first-order valence-corrected chi connectivity index (χ1v) is 8.69. The van der Waals surface area contributed by atoms with Crippen molar-refractivity contribution in [1.82, 2.24) is 0 Å². The lowest BCUT2D eigenvalue weighted by Gasteiger charge is -2.14. The largest absolute Gasteiger partial charge is 0.478 e. The molecule has 0 unspecified atom stereocenters. The number of carboxylic acid groups (broad SMARTS) is 1. The number of sulfonamides is 1. The predicted octanol–water partition coefficient (Wildman–Crippen LogP) is 4.11. The number of aromatic carboxylic acids is 1. The molecule has 122 valence electrons. The van der Waals surface area contributed by atoms with Gasteiger partial charge in [0.15, 0.2) is 0 Å². The molecule has 8 heteroatoms. The zero-order valence-corrected chi connectivity index (χ0v) is 14.6. The quantitative estimate of drug-likeness (QED) is 0.844. The third kappa shape index (κ3) is 3.60. The van der Waals surface area contributed by atoms with Crippen LogP contribution >= 0.6 is 23.2 Å². The Morgan fingerprint density at radius 1 is 1.17 bits per heavy atom. The summed E-state index contributed by atoms with van der Waals surface area (Å²) in [6.07, 6.45) is 0. The van der Waals surface area contributed by atoms with Crippen LogP contribution in [0.4, 0.5) is 5.69 Å². The highest BCUT2D eigenvalue weighted by Crippen LogP contribution is 2.32. The monoisotopic (exact) mass is 373 g/mol. The Bertz CT molecular complexity index is 895. The van der Waals surface area contributed by atoms with Gasteiger partial charge < -0.3 is 5.11 Å². The van der Waals surface area contributed by atoms with Crippen molar-refractivity contribution in [2.75, 3.05) is 4.72 Å². The van der Waals surface area contributed by atoms with Gasteiger partial charge in [0.25, 0.3) is 10.0 Å². The van der Waals surface area contributed by atoms with Crippen molar-refractivity contribution in [2.24, 2.45) is 0 Å². The second kappa shape index (κ2) is 6.39. The normalized spacial score (nSPS) is 11.3. The molecule has 0 amide bonds. The number of benzene rings is 2. The number of nitrogens with one attached hydrogen (secondary N) is 1. The third-order valence-electron chi connectivity index (χ3n) is 3.35. The average molecular weight is 374 g/mol. The molecule has 0 heterocycles. The minimum absolute atomic E-state index is 0.0708. The van der Waals surface area contributed by atoms with Crippen LogP contribution in [0.15, 0.2) is 35.2 Å². The van der Waals surface area contributed by atoms with E-state index in [-0.39, 0.29) is 26.2 Å². The van der Waals surface area contributed by atoms with Crippen molar-refractivity contribution in [3.8, 4) is 0 Å². The van der Waals surface area contributed by atoms with E-state index in [9.17, 15) is 13.2 Å². The van der Waals surface area contributed by atoms with Gasteiger partial charge >= 0.3 is 5.97 Å². The fourth-order valence-corrected chi connectivity index (χ4v) is 3.83. The summed E-state index contributed by atoms with van der Waals surface area (Å²) >= 11 is 11.9. The number of hydrogen-bond acceptors (Lipinski definition) is 3. The Kier molecular flexibility index (Phi) is 4.89. The van der Waals surface area contributed by atoms with Crippen molar-refractivity contribution < 1.29 is 18.3 Å². The molecule has 2 aromatic rings. The number of aryl methyl sites for hydroxylation is 1. The lowest BCUT2D eigenvalue weighted by atomic mass is 10.1. The van der Waals surface area contributed by atoms with Gasteiger partial charge in [-0.1, -0.05) is 29.3 Å². The second-order valence-corrected chi connectivity index (χ2v) is 7.36. The molecular weight excluding hydrogens is 361 g/mol. The molecule has 0 atom stereocenters. The van der Waals surface area contributed by atoms with E-state index < -0.39 is 16.0 Å². The number of hydrogen-bond donors (Lipinski definition) is 2. The van der Waals surface area contributed by atoms with Crippen LogP contribution in [0.25, 0.3) is 0 Å². The Morgan fingerprint density at radius 3 is 2.43 bits per heavy atom. The Balaban J connectivity index is 2.56. The molecule has 2 rings (SSSR count). The van der Waals surface area contributed by atoms with Crippen molar-refractivity contribution in [2.45, 2.75) is 18.7 Å². The molecule has 0 spiro atoms. The van der Waals surface area contributed by atoms with E-state index in [4.69, 9.17) is 28.3 Å². The van der Waals surface area contributed by atoms with Crippen LogP contribution in [-0.4, -0.2) is 19.5 Å². The number of carbonyl (C=O) groups is 1.